The standard InChI is InChI=1S/C15H19N3O2/c1-9-7-13(11(3)20-9)10(2)18-12-5-6-17-14(8-12)15(19)16-4/h5-8,10H,1-4H3,(H,16,19)(H,17,18). The first-order valence-corrected chi connectivity index (χ1v) is 6.53. The van der Waals surface area contributed by atoms with E-state index in [4.69, 9.17) is 4.42 Å². The third kappa shape index (κ3) is 2.99. The van der Waals surface area contributed by atoms with E-state index in [2.05, 4.69) is 22.5 Å². The van der Waals surface area contributed by atoms with E-state index in [-0.39, 0.29) is 11.9 Å². The molecule has 0 aliphatic heterocycles. The zero-order chi connectivity index (χ0) is 14.7. The fraction of sp³-hybridized carbons (Fsp3) is 0.333. The second kappa shape index (κ2) is 5.77. The highest BCUT2D eigenvalue weighted by atomic mass is 16.3. The number of pyridine rings is 1. The van der Waals surface area contributed by atoms with E-state index < -0.39 is 0 Å². The van der Waals surface area contributed by atoms with E-state index in [1.807, 2.05) is 26.0 Å². The first-order chi connectivity index (χ1) is 9.51. The van der Waals surface area contributed by atoms with E-state index in [0.717, 1.165) is 22.8 Å². The maximum absolute atomic E-state index is 11.6. The van der Waals surface area contributed by atoms with E-state index in [1.54, 1.807) is 19.3 Å². The Labute approximate surface area is 118 Å². The molecule has 0 aromatic carbocycles. The van der Waals surface area contributed by atoms with Crippen molar-refractivity contribution >= 4 is 11.6 Å². The van der Waals surface area contributed by atoms with Gasteiger partial charge < -0.3 is 15.1 Å². The van der Waals surface area contributed by atoms with Gasteiger partial charge in [0.2, 0.25) is 0 Å². The Morgan fingerprint density at radius 3 is 2.70 bits per heavy atom. The fourth-order valence-electron chi connectivity index (χ4n) is 2.18. The monoisotopic (exact) mass is 273 g/mol. The molecule has 1 amide bonds. The van der Waals surface area contributed by atoms with Crippen LogP contribution in [0.4, 0.5) is 5.69 Å². The van der Waals surface area contributed by atoms with Gasteiger partial charge in [0, 0.05) is 24.5 Å². The van der Waals surface area contributed by atoms with Crippen LogP contribution in [0.1, 0.15) is 40.5 Å². The van der Waals surface area contributed by atoms with Crippen LogP contribution in [0.15, 0.2) is 28.8 Å². The predicted octanol–water partition coefficient (Wildman–Crippen LogP) is 2.82. The van der Waals surface area contributed by atoms with Crippen LogP contribution in [0.2, 0.25) is 0 Å². The van der Waals surface area contributed by atoms with Crippen LogP contribution < -0.4 is 10.6 Å². The minimum atomic E-state index is -0.198. The normalized spacial score (nSPS) is 12.0. The van der Waals surface area contributed by atoms with Gasteiger partial charge in [-0.05, 0) is 39.0 Å². The second-order valence-electron chi connectivity index (χ2n) is 4.74. The molecule has 1 atom stereocenters. The number of hydrogen-bond donors (Lipinski definition) is 2. The number of furan rings is 1. The van der Waals surface area contributed by atoms with Crippen molar-refractivity contribution in [2.24, 2.45) is 0 Å². The number of hydrogen-bond acceptors (Lipinski definition) is 4. The topological polar surface area (TPSA) is 67.2 Å². The maximum Gasteiger partial charge on any atom is 0.269 e. The molecule has 0 spiro atoms. The molecular formula is C15H19N3O2. The summed E-state index contributed by atoms with van der Waals surface area (Å²) in [7, 11) is 1.59. The summed E-state index contributed by atoms with van der Waals surface area (Å²) in [6, 6.07) is 5.68. The summed E-state index contributed by atoms with van der Waals surface area (Å²) in [5, 5.41) is 5.91. The number of carbonyl (C=O) groups excluding carboxylic acids is 1. The molecule has 0 saturated heterocycles. The molecule has 2 aromatic rings. The molecule has 2 heterocycles. The summed E-state index contributed by atoms with van der Waals surface area (Å²) in [5.41, 5.74) is 2.36. The van der Waals surface area contributed by atoms with Crippen LogP contribution in [0.5, 0.6) is 0 Å². The minimum Gasteiger partial charge on any atom is -0.466 e. The van der Waals surface area contributed by atoms with Crippen LogP contribution in [0.3, 0.4) is 0 Å². The molecule has 1 unspecified atom stereocenters. The lowest BCUT2D eigenvalue weighted by Crippen LogP contribution is -2.19. The Bertz CT molecular complexity index is 619. The van der Waals surface area contributed by atoms with Crippen LogP contribution in [-0.2, 0) is 0 Å². The summed E-state index contributed by atoms with van der Waals surface area (Å²) in [6.07, 6.45) is 1.62. The minimum absolute atomic E-state index is 0.0902. The molecule has 0 fully saturated rings. The number of aryl methyl sites for hydroxylation is 2. The Morgan fingerprint density at radius 2 is 2.10 bits per heavy atom. The zero-order valence-corrected chi connectivity index (χ0v) is 12.2. The summed E-state index contributed by atoms with van der Waals surface area (Å²) < 4.78 is 5.54. The quantitative estimate of drug-likeness (QED) is 0.899. The smallest absolute Gasteiger partial charge is 0.269 e. The number of amides is 1. The molecule has 2 rings (SSSR count). The third-order valence-corrected chi connectivity index (χ3v) is 3.15. The van der Waals surface area contributed by atoms with E-state index >= 15 is 0 Å². The number of rotatable bonds is 4. The van der Waals surface area contributed by atoms with Gasteiger partial charge in [0.05, 0.1) is 6.04 Å². The van der Waals surface area contributed by atoms with Gasteiger partial charge in [0.15, 0.2) is 0 Å². The van der Waals surface area contributed by atoms with Crippen molar-refractivity contribution in [3.63, 3.8) is 0 Å². The van der Waals surface area contributed by atoms with Crippen molar-refractivity contribution in [1.82, 2.24) is 10.3 Å². The van der Waals surface area contributed by atoms with Crippen molar-refractivity contribution in [3.05, 3.63) is 47.2 Å². The lowest BCUT2D eigenvalue weighted by molar-refractivity contribution is 0.0958. The highest BCUT2D eigenvalue weighted by molar-refractivity contribution is 5.92. The molecule has 0 bridgehead atoms. The van der Waals surface area contributed by atoms with Gasteiger partial charge in [-0.2, -0.15) is 0 Å². The molecule has 106 valence electrons. The molecule has 2 aromatic heterocycles. The largest absolute Gasteiger partial charge is 0.466 e. The third-order valence-electron chi connectivity index (χ3n) is 3.15. The number of aromatic nitrogens is 1. The molecule has 0 aliphatic rings. The number of carbonyl (C=O) groups is 1. The summed E-state index contributed by atoms with van der Waals surface area (Å²) in [5.74, 6) is 1.60. The van der Waals surface area contributed by atoms with Crippen molar-refractivity contribution in [3.8, 4) is 0 Å². The molecule has 20 heavy (non-hydrogen) atoms. The van der Waals surface area contributed by atoms with E-state index in [9.17, 15) is 4.79 Å². The van der Waals surface area contributed by atoms with Gasteiger partial charge in [0.25, 0.3) is 5.91 Å². The van der Waals surface area contributed by atoms with Crippen LogP contribution in [0.25, 0.3) is 0 Å². The number of nitrogens with one attached hydrogen (secondary N) is 2. The van der Waals surface area contributed by atoms with Crippen LogP contribution >= 0.6 is 0 Å². The van der Waals surface area contributed by atoms with Gasteiger partial charge in [0.1, 0.15) is 17.2 Å². The Morgan fingerprint density at radius 1 is 1.35 bits per heavy atom. The van der Waals surface area contributed by atoms with Gasteiger partial charge in [-0.1, -0.05) is 0 Å². The molecule has 5 nitrogen and oxygen atoms in total. The highest BCUT2D eigenvalue weighted by Crippen LogP contribution is 2.24. The first-order valence-electron chi connectivity index (χ1n) is 6.53. The summed E-state index contributed by atoms with van der Waals surface area (Å²) in [6.45, 7) is 5.93. The van der Waals surface area contributed by atoms with Crippen molar-refractivity contribution in [1.29, 1.82) is 0 Å². The predicted molar refractivity (Wildman–Crippen MR) is 77.8 cm³/mol. The van der Waals surface area contributed by atoms with Crippen molar-refractivity contribution in [2.75, 3.05) is 12.4 Å². The van der Waals surface area contributed by atoms with Crippen molar-refractivity contribution < 1.29 is 9.21 Å². The molecule has 5 heteroatoms. The average molecular weight is 273 g/mol. The van der Waals surface area contributed by atoms with Crippen LogP contribution in [0, 0.1) is 13.8 Å². The highest BCUT2D eigenvalue weighted by Gasteiger charge is 2.13. The molecule has 0 aliphatic carbocycles. The van der Waals surface area contributed by atoms with E-state index in [1.165, 1.54) is 0 Å². The molecule has 2 N–H and O–H groups in total. The van der Waals surface area contributed by atoms with Gasteiger partial charge >= 0.3 is 0 Å². The number of anilines is 1. The number of nitrogens with zero attached hydrogens (tertiary/aromatic N) is 1. The SMILES string of the molecule is CNC(=O)c1cc(NC(C)c2cc(C)oc2C)ccn1. The zero-order valence-electron chi connectivity index (χ0n) is 12.2. The Kier molecular flexibility index (Phi) is 4.08. The lowest BCUT2D eigenvalue weighted by Gasteiger charge is -2.15. The molecule has 0 saturated carbocycles. The van der Waals surface area contributed by atoms with Gasteiger partial charge in [-0.15, -0.1) is 0 Å². The summed E-state index contributed by atoms with van der Waals surface area (Å²) in [4.78, 5) is 15.6. The Hall–Kier alpha value is -2.30. The average Bonchev–Trinajstić information content (AvgIpc) is 2.77. The van der Waals surface area contributed by atoms with Gasteiger partial charge in [-0.3, -0.25) is 9.78 Å². The van der Waals surface area contributed by atoms with Crippen LogP contribution in [-0.4, -0.2) is 17.9 Å². The second-order valence-corrected chi connectivity index (χ2v) is 4.74. The maximum atomic E-state index is 11.6. The lowest BCUT2D eigenvalue weighted by atomic mass is 10.1. The Balaban J connectivity index is 2.17. The summed E-state index contributed by atoms with van der Waals surface area (Å²) >= 11 is 0. The molecule has 0 radical (unpaired) electrons. The van der Waals surface area contributed by atoms with Gasteiger partial charge in [-0.25, -0.2) is 0 Å². The molecular weight excluding hydrogens is 254 g/mol. The fourth-order valence-corrected chi connectivity index (χ4v) is 2.18. The van der Waals surface area contributed by atoms with E-state index in [0.29, 0.717) is 5.69 Å². The van der Waals surface area contributed by atoms with Crippen molar-refractivity contribution in [2.45, 2.75) is 26.8 Å². The first kappa shape index (κ1) is 14.1.